The first kappa shape index (κ1) is 23.7. The highest BCUT2D eigenvalue weighted by Crippen LogP contribution is 2.35. The largest absolute Gasteiger partial charge is 0.507 e. The Kier molecular flexibility index (Phi) is 7.61. The van der Waals surface area contributed by atoms with E-state index in [1.165, 1.54) is 18.2 Å². The van der Waals surface area contributed by atoms with Gasteiger partial charge in [0.05, 0.1) is 13.7 Å². The number of phenols is 1. The highest BCUT2D eigenvalue weighted by atomic mass is 16.6. The maximum atomic E-state index is 12.7. The van der Waals surface area contributed by atoms with Gasteiger partial charge in [-0.25, -0.2) is 4.79 Å². The number of hydrogen-bond acceptors (Lipinski definition) is 8. The van der Waals surface area contributed by atoms with Gasteiger partial charge in [0.2, 0.25) is 0 Å². The molecule has 0 spiro atoms. The van der Waals surface area contributed by atoms with Crippen LogP contribution in [0.4, 0.5) is 0 Å². The molecule has 0 aliphatic rings. The van der Waals surface area contributed by atoms with Crippen LogP contribution in [0.2, 0.25) is 0 Å². The Morgan fingerprint density at radius 2 is 1.88 bits per heavy atom. The number of esters is 1. The van der Waals surface area contributed by atoms with E-state index in [1.807, 2.05) is 19.9 Å². The molecule has 1 N–H and O–H groups in total. The second kappa shape index (κ2) is 10.6. The van der Waals surface area contributed by atoms with Crippen molar-refractivity contribution < 1.29 is 33.3 Å². The number of allylic oxidation sites excluding steroid dienone is 1. The van der Waals surface area contributed by atoms with Crippen molar-refractivity contribution in [3.8, 4) is 34.3 Å². The predicted molar refractivity (Wildman–Crippen MR) is 123 cm³/mol. The average molecular weight is 454 g/mol. The Morgan fingerprint density at radius 3 is 2.58 bits per heavy atom. The fourth-order valence-electron chi connectivity index (χ4n) is 3.05. The second-order valence-corrected chi connectivity index (χ2v) is 7.34. The van der Waals surface area contributed by atoms with Crippen LogP contribution in [0.1, 0.15) is 20.8 Å². The first-order valence-electron chi connectivity index (χ1n) is 10.4. The summed E-state index contributed by atoms with van der Waals surface area (Å²) in [7, 11) is 1.54. The third kappa shape index (κ3) is 5.85. The first-order chi connectivity index (χ1) is 15.8. The lowest BCUT2D eigenvalue weighted by Gasteiger charge is -2.12. The van der Waals surface area contributed by atoms with Crippen LogP contribution in [0.5, 0.6) is 23.0 Å². The number of benzene rings is 2. The van der Waals surface area contributed by atoms with Crippen molar-refractivity contribution in [2.24, 2.45) is 0 Å². The highest BCUT2D eigenvalue weighted by Gasteiger charge is 2.15. The molecule has 0 atom stereocenters. The molecule has 1 aromatic heterocycles. The molecule has 0 amide bonds. The number of rotatable bonds is 9. The molecule has 0 bridgehead atoms. The molecule has 2 aromatic carbocycles. The number of carbonyl (C=O) groups is 1. The van der Waals surface area contributed by atoms with Gasteiger partial charge in [0, 0.05) is 23.8 Å². The molecule has 0 aliphatic heterocycles. The van der Waals surface area contributed by atoms with Crippen molar-refractivity contribution in [3.05, 3.63) is 58.3 Å². The molecule has 8 nitrogen and oxygen atoms in total. The third-order valence-corrected chi connectivity index (χ3v) is 4.62. The topological polar surface area (TPSA) is 104 Å². The Morgan fingerprint density at radius 1 is 1.09 bits per heavy atom. The minimum Gasteiger partial charge on any atom is -0.507 e. The van der Waals surface area contributed by atoms with Crippen LogP contribution >= 0.6 is 0 Å². The van der Waals surface area contributed by atoms with Gasteiger partial charge in [0.1, 0.15) is 34.8 Å². The van der Waals surface area contributed by atoms with E-state index in [4.69, 9.17) is 23.4 Å². The van der Waals surface area contributed by atoms with E-state index in [9.17, 15) is 14.7 Å². The minimum atomic E-state index is -0.550. The zero-order chi connectivity index (χ0) is 24.0. The summed E-state index contributed by atoms with van der Waals surface area (Å²) in [4.78, 5) is 24.3. The lowest BCUT2D eigenvalue weighted by atomic mass is 10.1. The summed E-state index contributed by atoms with van der Waals surface area (Å²) in [6.45, 7) is 5.88. The molecule has 33 heavy (non-hydrogen) atoms. The van der Waals surface area contributed by atoms with Crippen LogP contribution in [-0.2, 0) is 9.53 Å². The molecule has 3 aromatic rings. The quantitative estimate of drug-likeness (QED) is 0.373. The normalized spacial score (nSPS) is 10.5. The molecule has 3 rings (SSSR count). The Hall–Kier alpha value is -3.94. The summed E-state index contributed by atoms with van der Waals surface area (Å²) >= 11 is 0. The summed E-state index contributed by atoms with van der Waals surface area (Å²) in [6.07, 6.45) is 1.93. The molecule has 0 saturated carbocycles. The van der Waals surface area contributed by atoms with Gasteiger partial charge in [-0.2, -0.15) is 0 Å². The Balaban J connectivity index is 1.98. The molecule has 174 valence electrons. The van der Waals surface area contributed by atoms with E-state index in [0.717, 1.165) is 5.57 Å². The van der Waals surface area contributed by atoms with Crippen LogP contribution in [0.3, 0.4) is 0 Å². The number of carbonyl (C=O) groups excluding carboxylic acids is 1. The molecule has 0 radical (unpaired) electrons. The first-order valence-corrected chi connectivity index (χ1v) is 10.4. The SMILES string of the molecule is CCOC(=O)COc1cc(O)c2c(=O)cc(-c3ccc(OC)c(OCC=C(C)C)c3)oc2c1. The Labute approximate surface area is 191 Å². The summed E-state index contributed by atoms with van der Waals surface area (Å²) in [6, 6.07) is 9.15. The van der Waals surface area contributed by atoms with Gasteiger partial charge < -0.3 is 28.5 Å². The highest BCUT2D eigenvalue weighted by molar-refractivity contribution is 5.86. The predicted octanol–water partition coefficient (Wildman–Crippen LogP) is 4.46. The zero-order valence-corrected chi connectivity index (χ0v) is 19.0. The van der Waals surface area contributed by atoms with E-state index in [1.54, 1.807) is 32.2 Å². The number of phenolic OH excluding ortho intramolecular Hbond substituents is 1. The standard InChI is InChI=1S/C25H26O8/c1-5-30-24(28)14-32-17-11-18(26)25-19(27)13-21(33-23(25)12-17)16-6-7-20(29-4)22(10-16)31-9-8-15(2)3/h6-8,10-13,26H,5,9,14H2,1-4H3. The fourth-order valence-corrected chi connectivity index (χ4v) is 3.05. The van der Waals surface area contributed by atoms with E-state index < -0.39 is 11.4 Å². The van der Waals surface area contributed by atoms with Gasteiger partial charge in [-0.05, 0) is 45.0 Å². The minimum absolute atomic E-state index is 0.00998. The zero-order valence-electron chi connectivity index (χ0n) is 19.0. The van der Waals surface area contributed by atoms with Crippen LogP contribution in [0.15, 0.2) is 57.3 Å². The molecular weight excluding hydrogens is 428 g/mol. The van der Waals surface area contributed by atoms with Crippen molar-refractivity contribution in [3.63, 3.8) is 0 Å². The third-order valence-electron chi connectivity index (χ3n) is 4.62. The molecule has 0 saturated heterocycles. The summed E-state index contributed by atoms with van der Waals surface area (Å²) in [5.74, 6) is 0.595. The maximum absolute atomic E-state index is 12.7. The van der Waals surface area contributed by atoms with Crippen molar-refractivity contribution in [1.82, 2.24) is 0 Å². The molecule has 1 heterocycles. The number of ether oxygens (including phenoxy) is 4. The second-order valence-electron chi connectivity index (χ2n) is 7.34. The van der Waals surface area contributed by atoms with Crippen molar-refractivity contribution >= 4 is 16.9 Å². The smallest absolute Gasteiger partial charge is 0.344 e. The number of aromatic hydroxyl groups is 1. The van der Waals surface area contributed by atoms with Gasteiger partial charge in [0.25, 0.3) is 0 Å². The van der Waals surface area contributed by atoms with E-state index in [2.05, 4.69) is 0 Å². The van der Waals surface area contributed by atoms with Crippen molar-refractivity contribution in [2.75, 3.05) is 26.9 Å². The van der Waals surface area contributed by atoms with Gasteiger partial charge >= 0.3 is 5.97 Å². The lowest BCUT2D eigenvalue weighted by molar-refractivity contribution is -0.145. The van der Waals surface area contributed by atoms with Crippen LogP contribution in [0, 0.1) is 0 Å². The van der Waals surface area contributed by atoms with Crippen molar-refractivity contribution in [1.29, 1.82) is 0 Å². The molecular formula is C25H26O8. The molecule has 0 fully saturated rings. The number of methoxy groups -OCH3 is 1. The maximum Gasteiger partial charge on any atom is 0.344 e. The van der Waals surface area contributed by atoms with Crippen LogP contribution in [0.25, 0.3) is 22.3 Å². The summed E-state index contributed by atoms with van der Waals surface area (Å²) in [5.41, 5.74) is 1.38. The fraction of sp³-hybridized carbons (Fsp3) is 0.280. The number of hydrogen-bond donors (Lipinski definition) is 1. The molecule has 0 unspecified atom stereocenters. The van der Waals surface area contributed by atoms with Crippen molar-refractivity contribution in [2.45, 2.75) is 20.8 Å². The van der Waals surface area contributed by atoms with Crippen LogP contribution in [-0.4, -0.2) is 38.0 Å². The van der Waals surface area contributed by atoms with Gasteiger partial charge in [-0.3, -0.25) is 4.79 Å². The van der Waals surface area contributed by atoms with E-state index in [0.29, 0.717) is 23.7 Å². The monoisotopic (exact) mass is 454 g/mol. The molecule has 8 heteroatoms. The van der Waals surface area contributed by atoms with Gasteiger partial charge in [-0.1, -0.05) is 5.57 Å². The van der Waals surface area contributed by atoms with Crippen LogP contribution < -0.4 is 19.6 Å². The molecule has 0 aliphatic carbocycles. The Bertz CT molecular complexity index is 1240. The van der Waals surface area contributed by atoms with E-state index >= 15 is 0 Å². The van der Waals surface area contributed by atoms with E-state index in [-0.39, 0.29) is 41.4 Å². The average Bonchev–Trinajstić information content (AvgIpc) is 2.77. The summed E-state index contributed by atoms with van der Waals surface area (Å²) in [5, 5.41) is 10.3. The number of fused-ring (bicyclic) bond motifs is 1. The lowest BCUT2D eigenvalue weighted by Crippen LogP contribution is -2.14. The van der Waals surface area contributed by atoms with Gasteiger partial charge in [-0.15, -0.1) is 0 Å². The summed E-state index contributed by atoms with van der Waals surface area (Å²) < 4.78 is 27.3. The van der Waals surface area contributed by atoms with Gasteiger partial charge in [0.15, 0.2) is 23.5 Å².